The van der Waals surface area contributed by atoms with E-state index in [0.29, 0.717) is 22.7 Å². The molecule has 0 radical (unpaired) electrons. The van der Waals surface area contributed by atoms with Crippen molar-refractivity contribution in [3.8, 4) is 0 Å². The summed E-state index contributed by atoms with van der Waals surface area (Å²) in [7, 11) is 0. The molecule has 0 bridgehead atoms. The standard InChI is InChI=1S/C15H21ClN2O/c1-3-4-12-8-11(9-14(16)17-12)15(19)18-13-6-5-10(2)7-13/h8-10,13H,3-7H2,1-2H3,(H,18,19). The van der Waals surface area contributed by atoms with E-state index in [1.165, 1.54) is 6.42 Å². The molecule has 19 heavy (non-hydrogen) atoms. The average molecular weight is 281 g/mol. The van der Waals surface area contributed by atoms with E-state index in [-0.39, 0.29) is 5.91 Å². The Labute approximate surface area is 119 Å². The molecule has 0 saturated heterocycles. The molecule has 2 unspecified atom stereocenters. The Kier molecular flexibility index (Phi) is 4.81. The molecule has 0 aromatic carbocycles. The number of amides is 1. The van der Waals surface area contributed by atoms with Gasteiger partial charge in [-0.05, 0) is 43.7 Å². The molecule has 0 aliphatic heterocycles. The zero-order valence-corrected chi connectivity index (χ0v) is 12.3. The summed E-state index contributed by atoms with van der Waals surface area (Å²) in [6.07, 6.45) is 5.19. The van der Waals surface area contributed by atoms with E-state index in [1.807, 2.05) is 6.07 Å². The van der Waals surface area contributed by atoms with Gasteiger partial charge in [0.2, 0.25) is 0 Å². The van der Waals surface area contributed by atoms with Gasteiger partial charge in [0.15, 0.2) is 0 Å². The van der Waals surface area contributed by atoms with Gasteiger partial charge in [-0.1, -0.05) is 31.9 Å². The Morgan fingerprint density at radius 1 is 1.47 bits per heavy atom. The maximum absolute atomic E-state index is 12.2. The smallest absolute Gasteiger partial charge is 0.251 e. The monoisotopic (exact) mass is 280 g/mol. The predicted octanol–water partition coefficient (Wildman–Crippen LogP) is 3.61. The second-order valence-corrected chi connectivity index (χ2v) is 5.90. The molecule has 1 heterocycles. The number of hydrogen-bond donors (Lipinski definition) is 1. The van der Waals surface area contributed by atoms with Gasteiger partial charge in [0.1, 0.15) is 5.15 Å². The molecule has 1 amide bonds. The number of carbonyl (C=O) groups excluding carboxylic acids is 1. The third kappa shape index (κ3) is 3.93. The zero-order chi connectivity index (χ0) is 13.8. The van der Waals surface area contributed by atoms with Gasteiger partial charge in [0.25, 0.3) is 5.91 Å². The normalized spacial score (nSPS) is 22.5. The lowest BCUT2D eigenvalue weighted by molar-refractivity contribution is 0.0937. The number of nitrogens with one attached hydrogen (secondary N) is 1. The molecule has 1 fully saturated rings. The highest BCUT2D eigenvalue weighted by Gasteiger charge is 2.23. The number of aromatic nitrogens is 1. The van der Waals surface area contributed by atoms with E-state index in [9.17, 15) is 4.79 Å². The van der Waals surface area contributed by atoms with E-state index in [2.05, 4.69) is 24.1 Å². The van der Waals surface area contributed by atoms with E-state index in [4.69, 9.17) is 11.6 Å². The van der Waals surface area contributed by atoms with E-state index < -0.39 is 0 Å². The van der Waals surface area contributed by atoms with Crippen LogP contribution in [0.1, 0.15) is 55.6 Å². The summed E-state index contributed by atoms with van der Waals surface area (Å²) in [6.45, 7) is 4.32. The van der Waals surface area contributed by atoms with Crippen LogP contribution in [0.5, 0.6) is 0 Å². The number of halogens is 1. The fourth-order valence-corrected chi connectivity index (χ4v) is 2.90. The van der Waals surface area contributed by atoms with Crippen LogP contribution in [-0.4, -0.2) is 16.9 Å². The van der Waals surface area contributed by atoms with Crippen LogP contribution >= 0.6 is 11.6 Å². The van der Waals surface area contributed by atoms with Crippen molar-refractivity contribution in [2.45, 2.75) is 52.0 Å². The quantitative estimate of drug-likeness (QED) is 0.856. The maximum atomic E-state index is 12.2. The average Bonchev–Trinajstić information content (AvgIpc) is 2.74. The van der Waals surface area contributed by atoms with Crippen molar-refractivity contribution >= 4 is 17.5 Å². The summed E-state index contributed by atoms with van der Waals surface area (Å²) >= 11 is 5.98. The van der Waals surface area contributed by atoms with Crippen molar-refractivity contribution in [3.05, 3.63) is 28.5 Å². The summed E-state index contributed by atoms with van der Waals surface area (Å²) in [6, 6.07) is 3.81. The fraction of sp³-hybridized carbons (Fsp3) is 0.600. The van der Waals surface area contributed by atoms with Crippen molar-refractivity contribution in [2.24, 2.45) is 5.92 Å². The topological polar surface area (TPSA) is 42.0 Å². The highest BCUT2D eigenvalue weighted by molar-refractivity contribution is 6.29. The van der Waals surface area contributed by atoms with Crippen molar-refractivity contribution in [3.63, 3.8) is 0 Å². The van der Waals surface area contributed by atoms with Gasteiger partial charge in [-0.25, -0.2) is 4.98 Å². The first-order valence-electron chi connectivity index (χ1n) is 7.05. The maximum Gasteiger partial charge on any atom is 0.251 e. The first kappa shape index (κ1) is 14.3. The summed E-state index contributed by atoms with van der Waals surface area (Å²) in [5.74, 6) is 0.683. The number of hydrogen-bond acceptors (Lipinski definition) is 2. The molecule has 1 aromatic rings. The summed E-state index contributed by atoms with van der Waals surface area (Å²) in [5.41, 5.74) is 1.52. The molecule has 1 aromatic heterocycles. The van der Waals surface area contributed by atoms with Crippen LogP contribution < -0.4 is 5.32 Å². The van der Waals surface area contributed by atoms with Gasteiger partial charge in [-0.3, -0.25) is 4.79 Å². The summed E-state index contributed by atoms with van der Waals surface area (Å²) < 4.78 is 0. The molecular weight excluding hydrogens is 260 g/mol. The summed E-state index contributed by atoms with van der Waals surface area (Å²) in [4.78, 5) is 16.5. The molecule has 1 saturated carbocycles. The van der Waals surface area contributed by atoms with Crippen molar-refractivity contribution in [1.82, 2.24) is 10.3 Å². The minimum absolute atomic E-state index is 0.0271. The molecule has 2 atom stereocenters. The first-order valence-corrected chi connectivity index (χ1v) is 7.43. The van der Waals surface area contributed by atoms with Gasteiger partial charge >= 0.3 is 0 Å². The van der Waals surface area contributed by atoms with Crippen molar-refractivity contribution < 1.29 is 4.79 Å². The zero-order valence-electron chi connectivity index (χ0n) is 11.6. The second-order valence-electron chi connectivity index (χ2n) is 5.51. The van der Waals surface area contributed by atoms with E-state index in [1.54, 1.807) is 6.07 Å². The van der Waals surface area contributed by atoms with Crippen LogP contribution in [0.2, 0.25) is 5.15 Å². The van der Waals surface area contributed by atoms with Gasteiger partial charge in [-0.2, -0.15) is 0 Å². The van der Waals surface area contributed by atoms with Crippen LogP contribution in [0.4, 0.5) is 0 Å². The Morgan fingerprint density at radius 3 is 2.89 bits per heavy atom. The molecule has 3 nitrogen and oxygen atoms in total. The molecule has 0 spiro atoms. The Hall–Kier alpha value is -1.09. The third-order valence-corrected chi connectivity index (χ3v) is 3.84. The lowest BCUT2D eigenvalue weighted by Crippen LogP contribution is -2.33. The minimum Gasteiger partial charge on any atom is -0.349 e. The summed E-state index contributed by atoms with van der Waals surface area (Å²) in [5, 5.41) is 3.50. The Balaban J connectivity index is 2.05. The second kappa shape index (κ2) is 6.38. The fourth-order valence-electron chi connectivity index (χ4n) is 2.67. The van der Waals surface area contributed by atoms with Gasteiger partial charge in [0, 0.05) is 17.3 Å². The molecule has 2 rings (SSSR count). The molecule has 1 N–H and O–H groups in total. The van der Waals surface area contributed by atoms with Crippen molar-refractivity contribution in [2.75, 3.05) is 0 Å². The number of carbonyl (C=O) groups is 1. The third-order valence-electron chi connectivity index (χ3n) is 3.65. The Morgan fingerprint density at radius 2 is 2.26 bits per heavy atom. The molecule has 4 heteroatoms. The SMILES string of the molecule is CCCc1cc(C(=O)NC2CCC(C)C2)cc(Cl)n1. The Bertz CT molecular complexity index is 461. The predicted molar refractivity (Wildman–Crippen MR) is 77.5 cm³/mol. The van der Waals surface area contributed by atoms with E-state index in [0.717, 1.165) is 31.4 Å². The molecule has 1 aliphatic carbocycles. The van der Waals surface area contributed by atoms with Gasteiger partial charge < -0.3 is 5.32 Å². The lowest BCUT2D eigenvalue weighted by Gasteiger charge is -2.13. The van der Waals surface area contributed by atoms with Gasteiger partial charge in [0.05, 0.1) is 0 Å². The highest BCUT2D eigenvalue weighted by atomic mass is 35.5. The first-order chi connectivity index (χ1) is 9.08. The van der Waals surface area contributed by atoms with Crippen LogP contribution in [-0.2, 0) is 6.42 Å². The number of aryl methyl sites for hydroxylation is 1. The van der Waals surface area contributed by atoms with E-state index >= 15 is 0 Å². The van der Waals surface area contributed by atoms with Crippen LogP contribution in [0.25, 0.3) is 0 Å². The molecule has 1 aliphatic rings. The largest absolute Gasteiger partial charge is 0.349 e. The lowest BCUT2D eigenvalue weighted by atomic mass is 10.1. The number of nitrogens with zero attached hydrogens (tertiary/aromatic N) is 1. The molecule has 104 valence electrons. The number of rotatable bonds is 4. The number of pyridine rings is 1. The van der Waals surface area contributed by atoms with Crippen LogP contribution in [0.3, 0.4) is 0 Å². The van der Waals surface area contributed by atoms with Crippen LogP contribution in [0, 0.1) is 5.92 Å². The minimum atomic E-state index is -0.0271. The van der Waals surface area contributed by atoms with Crippen LogP contribution in [0.15, 0.2) is 12.1 Å². The molecular formula is C15H21ClN2O. The van der Waals surface area contributed by atoms with Gasteiger partial charge in [-0.15, -0.1) is 0 Å². The highest BCUT2D eigenvalue weighted by Crippen LogP contribution is 2.25. The van der Waals surface area contributed by atoms with Crippen molar-refractivity contribution in [1.29, 1.82) is 0 Å².